The quantitative estimate of drug-likeness (QED) is 0.568. The first kappa shape index (κ1) is 15.0. The molecule has 0 amide bonds. The monoisotopic (exact) mass is 236 g/mol. The zero-order valence-electron chi connectivity index (χ0n) is 9.28. The van der Waals surface area contributed by atoms with Crippen LogP contribution in [0.25, 0.3) is 0 Å². The fraction of sp³-hybridized carbons (Fsp3) is 0.800. The van der Waals surface area contributed by atoms with Crippen molar-refractivity contribution in [2.24, 2.45) is 0 Å². The van der Waals surface area contributed by atoms with Crippen molar-refractivity contribution in [3.8, 4) is 0 Å². The summed E-state index contributed by atoms with van der Waals surface area (Å²) in [6.07, 6.45) is -2.40. The zero-order valence-corrected chi connectivity index (χ0v) is 9.28. The Morgan fingerprint density at radius 3 is 2.50 bits per heavy atom. The third-order valence-electron chi connectivity index (χ3n) is 1.78. The van der Waals surface area contributed by atoms with E-state index in [1.54, 1.807) is 0 Å². The zero-order chi connectivity index (χ0) is 12.4. The van der Waals surface area contributed by atoms with Gasteiger partial charge >= 0.3 is 5.97 Å². The summed E-state index contributed by atoms with van der Waals surface area (Å²) in [4.78, 5) is 21.2. The smallest absolute Gasteiger partial charge is 0.338 e. The molecule has 16 heavy (non-hydrogen) atoms. The van der Waals surface area contributed by atoms with E-state index in [0.717, 1.165) is 0 Å². The van der Waals surface area contributed by atoms with Crippen LogP contribution >= 0.6 is 0 Å². The minimum absolute atomic E-state index is 0.123. The molecule has 0 saturated carbocycles. The van der Waals surface area contributed by atoms with Crippen LogP contribution in [0.5, 0.6) is 0 Å². The lowest BCUT2D eigenvalue weighted by atomic mass is 10.1. The van der Waals surface area contributed by atoms with Gasteiger partial charge < -0.3 is 14.6 Å². The lowest BCUT2D eigenvalue weighted by molar-refractivity contribution is -0.143. The van der Waals surface area contributed by atoms with E-state index < -0.39 is 12.1 Å². The van der Waals surface area contributed by atoms with Gasteiger partial charge in [0.25, 0.3) is 0 Å². The highest BCUT2D eigenvalue weighted by molar-refractivity contribution is 5.80. The van der Waals surface area contributed by atoms with Gasteiger partial charge in [-0.2, -0.15) is 0 Å². The van der Waals surface area contributed by atoms with Crippen LogP contribution in [0, 0.1) is 0 Å². The molecule has 0 spiro atoms. The molecule has 0 bridgehead atoms. The molecular formula is C10H17FO5. The standard InChI is InChI=1S/C10H17FO5/c1-2-15-5-6-16-7-8(12)3-4-9(11)10(13)14/h9H,2-7H2,1H3,(H,13,14)/t9-/m1/s1. The Morgan fingerprint density at radius 1 is 1.31 bits per heavy atom. The molecule has 0 aliphatic rings. The van der Waals surface area contributed by atoms with Gasteiger partial charge in [-0.15, -0.1) is 0 Å². The number of ether oxygens (including phenoxy) is 2. The number of halogens is 1. The van der Waals surface area contributed by atoms with Crippen LogP contribution in [0.1, 0.15) is 19.8 Å². The van der Waals surface area contributed by atoms with Crippen molar-refractivity contribution in [2.45, 2.75) is 25.9 Å². The van der Waals surface area contributed by atoms with Crippen LogP contribution in [0.15, 0.2) is 0 Å². The van der Waals surface area contributed by atoms with Crippen molar-refractivity contribution in [1.29, 1.82) is 0 Å². The number of Topliss-reactive ketones (excluding diaryl/α,β-unsaturated/α-hetero) is 1. The lowest BCUT2D eigenvalue weighted by Gasteiger charge is -2.04. The van der Waals surface area contributed by atoms with Gasteiger partial charge in [0, 0.05) is 13.0 Å². The Labute approximate surface area is 93.5 Å². The fourth-order valence-corrected chi connectivity index (χ4v) is 0.932. The number of carboxylic acids is 1. The van der Waals surface area contributed by atoms with Gasteiger partial charge in [0.15, 0.2) is 12.0 Å². The van der Waals surface area contributed by atoms with Crippen molar-refractivity contribution in [3.05, 3.63) is 0 Å². The molecule has 1 atom stereocenters. The maximum atomic E-state index is 12.6. The summed E-state index contributed by atoms with van der Waals surface area (Å²) in [5.41, 5.74) is 0. The second-order valence-electron chi connectivity index (χ2n) is 3.13. The second-order valence-corrected chi connectivity index (χ2v) is 3.13. The molecular weight excluding hydrogens is 219 g/mol. The fourth-order valence-electron chi connectivity index (χ4n) is 0.932. The second kappa shape index (κ2) is 9.23. The van der Waals surface area contributed by atoms with Crippen molar-refractivity contribution >= 4 is 11.8 Å². The largest absolute Gasteiger partial charge is 0.479 e. The molecule has 0 rings (SSSR count). The first-order valence-corrected chi connectivity index (χ1v) is 5.12. The number of ketones is 1. The Balaban J connectivity index is 3.41. The molecule has 0 aromatic rings. The Morgan fingerprint density at radius 2 is 1.94 bits per heavy atom. The maximum absolute atomic E-state index is 12.6. The number of hydrogen-bond acceptors (Lipinski definition) is 4. The molecule has 0 unspecified atom stereocenters. The van der Waals surface area contributed by atoms with Crippen LogP contribution in [0.4, 0.5) is 4.39 Å². The Hall–Kier alpha value is -1.01. The molecule has 0 aromatic heterocycles. The first-order chi connectivity index (χ1) is 7.57. The molecule has 6 heteroatoms. The molecule has 0 aliphatic carbocycles. The van der Waals surface area contributed by atoms with Gasteiger partial charge in [-0.3, -0.25) is 4.79 Å². The summed E-state index contributed by atoms with van der Waals surface area (Å²) in [6.45, 7) is 3.01. The third-order valence-corrected chi connectivity index (χ3v) is 1.78. The number of hydrogen-bond donors (Lipinski definition) is 1. The van der Waals surface area contributed by atoms with Gasteiger partial charge in [-0.05, 0) is 13.3 Å². The first-order valence-electron chi connectivity index (χ1n) is 5.12. The van der Waals surface area contributed by atoms with Crippen LogP contribution in [0.2, 0.25) is 0 Å². The molecule has 1 N–H and O–H groups in total. The summed E-state index contributed by atoms with van der Waals surface area (Å²) in [5, 5.41) is 8.23. The molecule has 0 saturated heterocycles. The average molecular weight is 236 g/mol. The van der Waals surface area contributed by atoms with Crippen molar-refractivity contribution in [1.82, 2.24) is 0 Å². The normalized spacial score (nSPS) is 12.4. The van der Waals surface area contributed by atoms with Crippen molar-refractivity contribution in [2.75, 3.05) is 26.4 Å². The van der Waals surface area contributed by atoms with E-state index in [4.69, 9.17) is 14.6 Å². The average Bonchev–Trinajstić information content (AvgIpc) is 2.25. The Kier molecular flexibility index (Phi) is 8.65. The number of rotatable bonds is 10. The van der Waals surface area contributed by atoms with Crippen LogP contribution in [0.3, 0.4) is 0 Å². The minimum atomic E-state index is -1.98. The number of carboxylic acid groups (broad SMARTS) is 1. The van der Waals surface area contributed by atoms with E-state index in [9.17, 15) is 14.0 Å². The molecule has 0 radical (unpaired) electrons. The summed E-state index contributed by atoms with van der Waals surface area (Å²) >= 11 is 0. The number of carbonyl (C=O) groups is 2. The number of aliphatic carboxylic acids is 1. The number of alkyl halides is 1. The summed E-state index contributed by atoms with van der Waals surface area (Å²) in [7, 11) is 0. The Bertz CT molecular complexity index is 219. The van der Waals surface area contributed by atoms with Crippen molar-refractivity contribution < 1.29 is 28.6 Å². The lowest BCUT2D eigenvalue weighted by Crippen LogP contribution is -2.18. The van der Waals surface area contributed by atoms with Gasteiger partial charge in [0.1, 0.15) is 6.61 Å². The van der Waals surface area contributed by atoms with Crippen LogP contribution < -0.4 is 0 Å². The highest BCUT2D eigenvalue weighted by Gasteiger charge is 2.16. The van der Waals surface area contributed by atoms with Gasteiger partial charge in [-0.1, -0.05) is 0 Å². The van der Waals surface area contributed by atoms with Crippen LogP contribution in [-0.2, 0) is 19.1 Å². The summed E-state index contributed by atoms with van der Waals surface area (Å²) in [5.74, 6) is -1.84. The van der Waals surface area contributed by atoms with Gasteiger partial charge in [0.05, 0.1) is 13.2 Å². The van der Waals surface area contributed by atoms with Crippen LogP contribution in [-0.4, -0.2) is 49.5 Å². The maximum Gasteiger partial charge on any atom is 0.338 e. The topological polar surface area (TPSA) is 72.8 Å². The third kappa shape index (κ3) is 8.31. The molecule has 0 aliphatic heterocycles. The molecule has 0 heterocycles. The molecule has 0 fully saturated rings. The molecule has 94 valence electrons. The van der Waals surface area contributed by atoms with E-state index >= 15 is 0 Å². The summed E-state index contributed by atoms with van der Waals surface area (Å²) < 4.78 is 22.5. The highest BCUT2D eigenvalue weighted by atomic mass is 19.1. The van der Waals surface area contributed by atoms with Gasteiger partial charge in [0.2, 0.25) is 0 Å². The van der Waals surface area contributed by atoms with E-state index in [1.807, 2.05) is 6.92 Å². The molecule has 0 aromatic carbocycles. The predicted molar refractivity (Wildman–Crippen MR) is 54.1 cm³/mol. The molecule has 5 nitrogen and oxygen atoms in total. The van der Waals surface area contributed by atoms with E-state index in [0.29, 0.717) is 19.8 Å². The number of carbonyl (C=O) groups excluding carboxylic acids is 1. The van der Waals surface area contributed by atoms with E-state index in [2.05, 4.69) is 0 Å². The highest BCUT2D eigenvalue weighted by Crippen LogP contribution is 2.02. The van der Waals surface area contributed by atoms with E-state index in [-0.39, 0.29) is 25.2 Å². The summed E-state index contributed by atoms with van der Waals surface area (Å²) in [6, 6.07) is 0. The minimum Gasteiger partial charge on any atom is -0.479 e. The van der Waals surface area contributed by atoms with E-state index in [1.165, 1.54) is 0 Å². The van der Waals surface area contributed by atoms with Gasteiger partial charge in [-0.25, -0.2) is 9.18 Å². The predicted octanol–water partition coefficient (Wildman–Crippen LogP) is 0.812. The van der Waals surface area contributed by atoms with Crippen molar-refractivity contribution in [3.63, 3.8) is 0 Å². The SMILES string of the molecule is CCOCCOCC(=O)CC[C@@H](F)C(=O)O.